The molecule has 2 aromatic heterocycles. The van der Waals surface area contributed by atoms with Crippen molar-refractivity contribution < 1.29 is 13.2 Å². The van der Waals surface area contributed by atoms with Crippen LogP contribution in [-0.4, -0.2) is 36.4 Å². The standard InChI is InChI=1S/C23H24N4O3S/c1-16-4-5-18(22(14-16)30-2)8-11-20-12-13-21(23-25-24-15-27(20)23)17-6-9-19(10-7-17)26-31(3,28)29/h4-7,9-10,12-15,26H,8,11H2,1-3H3. The number of nitrogens with one attached hydrogen (secondary N) is 1. The predicted molar refractivity (Wildman–Crippen MR) is 122 cm³/mol. The minimum Gasteiger partial charge on any atom is -0.496 e. The number of sulfonamides is 1. The summed E-state index contributed by atoms with van der Waals surface area (Å²) in [6.07, 6.45) is 4.50. The molecule has 31 heavy (non-hydrogen) atoms. The molecule has 0 amide bonds. The van der Waals surface area contributed by atoms with E-state index in [9.17, 15) is 8.42 Å². The van der Waals surface area contributed by atoms with Crippen LogP contribution < -0.4 is 9.46 Å². The van der Waals surface area contributed by atoms with Gasteiger partial charge in [0.05, 0.1) is 13.4 Å². The first-order valence-electron chi connectivity index (χ1n) is 9.87. The Balaban J connectivity index is 1.61. The summed E-state index contributed by atoms with van der Waals surface area (Å²) in [7, 11) is -1.61. The van der Waals surface area contributed by atoms with Gasteiger partial charge in [0.1, 0.15) is 12.1 Å². The van der Waals surface area contributed by atoms with Crippen LogP contribution in [0.25, 0.3) is 16.8 Å². The number of aromatic nitrogens is 3. The molecule has 2 aromatic carbocycles. The number of anilines is 1. The third-order valence-electron chi connectivity index (χ3n) is 5.13. The lowest BCUT2D eigenvalue weighted by Crippen LogP contribution is -2.09. The van der Waals surface area contributed by atoms with Crippen LogP contribution in [0, 0.1) is 6.92 Å². The average Bonchev–Trinajstić information content (AvgIpc) is 3.22. The Morgan fingerprint density at radius 3 is 2.52 bits per heavy atom. The maximum Gasteiger partial charge on any atom is 0.229 e. The number of nitrogens with zero attached hydrogens (tertiary/aromatic N) is 3. The van der Waals surface area contributed by atoms with Crippen molar-refractivity contribution in [2.75, 3.05) is 18.1 Å². The fraction of sp³-hybridized carbons (Fsp3) is 0.217. The van der Waals surface area contributed by atoms with Crippen molar-refractivity contribution in [1.82, 2.24) is 14.6 Å². The van der Waals surface area contributed by atoms with E-state index in [4.69, 9.17) is 4.74 Å². The van der Waals surface area contributed by atoms with Crippen LogP contribution in [0.15, 0.2) is 60.9 Å². The summed E-state index contributed by atoms with van der Waals surface area (Å²) in [4.78, 5) is 0. The van der Waals surface area contributed by atoms with E-state index < -0.39 is 10.0 Å². The summed E-state index contributed by atoms with van der Waals surface area (Å²) in [5.74, 6) is 0.902. The smallest absolute Gasteiger partial charge is 0.229 e. The molecule has 0 radical (unpaired) electrons. The largest absolute Gasteiger partial charge is 0.496 e. The quantitative estimate of drug-likeness (QED) is 0.475. The lowest BCUT2D eigenvalue weighted by atomic mass is 10.0. The molecule has 0 saturated heterocycles. The first-order valence-corrected chi connectivity index (χ1v) is 11.8. The lowest BCUT2D eigenvalue weighted by Gasteiger charge is -2.12. The highest BCUT2D eigenvalue weighted by Crippen LogP contribution is 2.27. The van der Waals surface area contributed by atoms with Crippen LogP contribution in [0.5, 0.6) is 5.75 Å². The number of aryl methyl sites for hydroxylation is 3. The van der Waals surface area contributed by atoms with Crippen molar-refractivity contribution in [1.29, 1.82) is 0 Å². The minimum absolute atomic E-state index is 0.521. The molecule has 0 aliphatic carbocycles. The second-order valence-electron chi connectivity index (χ2n) is 7.53. The second-order valence-corrected chi connectivity index (χ2v) is 9.28. The predicted octanol–water partition coefficient (Wildman–Crippen LogP) is 3.87. The maximum atomic E-state index is 11.4. The molecule has 4 aromatic rings. The van der Waals surface area contributed by atoms with Gasteiger partial charge in [-0.15, -0.1) is 10.2 Å². The Morgan fingerprint density at radius 1 is 1.03 bits per heavy atom. The van der Waals surface area contributed by atoms with Crippen LogP contribution in [0.1, 0.15) is 16.8 Å². The molecule has 0 atom stereocenters. The fourth-order valence-electron chi connectivity index (χ4n) is 3.65. The molecular weight excluding hydrogens is 412 g/mol. The molecule has 0 fully saturated rings. The van der Waals surface area contributed by atoms with Gasteiger partial charge < -0.3 is 4.74 Å². The van der Waals surface area contributed by atoms with E-state index in [1.54, 1.807) is 25.6 Å². The van der Waals surface area contributed by atoms with Crippen molar-refractivity contribution in [2.45, 2.75) is 19.8 Å². The maximum absolute atomic E-state index is 11.4. The molecule has 4 rings (SSSR count). The summed E-state index contributed by atoms with van der Waals surface area (Å²) in [6, 6.07) is 17.6. The molecule has 1 N–H and O–H groups in total. The first kappa shape index (κ1) is 20.9. The molecule has 0 aliphatic heterocycles. The zero-order valence-corrected chi connectivity index (χ0v) is 18.5. The fourth-order valence-corrected chi connectivity index (χ4v) is 4.21. The van der Waals surface area contributed by atoms with Gasteiger partial charge in [-0.2, -0.15) is 0 Å². The van der Waals surface area contributed by atoms with Gasteiger partial charge in [-0.05, 0) is 66.8 Å². The van der Waals surface area contributed by atoms with Crippen molar-refractivity contribution in [3.63, 3.8) is 0 Å². The molecule has 0 bridgehead atoms. The highest BCUT2D eigenvalue weighted by atomic mass is 32.2. The Labute approximate surface area is 181 Å². The van der Waals surface area contributed by atoms with Crippen LogP contribution in [0.2, 0.25) is 0 Å². The Bertz CT molecular complexity index is 1330. The number of hydrogen-bond acceptors (Lipinski definition) is 5. The molecule has 0 spiro atoms. The van der Waals surface area contributed by atoms with Gasteiger partial charge in [-0.3, -0.25) is 9.12 Å². The highest BCUT2D eigenvalue weighted by Gasteiger charge is 2.12. The van der Waals surface area contributed by atoms with E-state index in [1.807, 2.05) is 22.6 Å². The van der Waals surface area contributed by atoms with Crippen LogP contribution in [0.4, 0.5) is 5.69 Å². The van der Waals surface area contributed by atoms with Gasteiger partial charge in [0.2, 0.25) is 10.0 Å². The molecule has 0 saturated carbocycles. The number of hydrogen-bond donors (Lipinski definition) is 1. The summed E-state index contributed by atoms with van der Waals surface area (Å²) in [6.45, 7) is 2.05. The number of rotatable bonds is 7. The summed E-state index contributed by atoms with van der Waals surface area (Å²) in [5, 5.41) is 8.43. The number of fused-ring (bicyclic) bond motifs is 1. The average molecular weight is 437 g/mol. The van der Waals surface area contributed by atoms with Crippen molar-refractivity contribution >= 4 is 21.4 Å². The van der Waals surface area contributed by atoms with Gasteiger partial charge in [0, 0.05) is 16.9 Å². The van der Waals surface area contributed by atoms with Gasteiger partial charge >= 0.3 is 0 Å². The van der Waals surface area contributed by atoms with E-state index in [1.165, 1.54) is 5.56 Å². The van der Waals surface area contributed by atoms with Gasteiger partial charge in [-0.1, -0.05) is 24.3 Å². The van der Waals surface area contributed by atoms with Crippen LogP contribution >= 0.6 is 0 Å². The molecule has 0 aliphatic rings. The highest BCUT2D eigenvalue weighted by molar-refractivity contribution is 7.92. The monoisotopic (exact) mass is 436 g/mol. The van der Waals surface area contributed by atoms with E-state index in [-0.39, 0.29) is 0 Å². The zero-order valence-electron chi connectivity index (χ0n) is 17.7. The Hall–Kier alpha value is -3.39. The molecular formula is C23H24N4O3S. The molecule has 0 unspecified atom stereocenters. The van der Waals surface area contributed by atoms with Crippen LogP contribution in [-0.2, 0) is 22.9 Å². The normalized spacial score (nSPS) is 11.6. The van der Waals surface area contributed by atoms with Gasteiger partial charge in [-0.25, -0.2) is 8.42 Å². The molecule has 8 heteroatoms. The SMILES string of the molecule is COc1cc(C)ccc1CCc1ccc(-c2ccc(NS(C)(=O)=O)cc2)c2nncn12. The van der Waals surface area contributed by atoms with Crippen molar-refractivity contribution in [2.24, 2.45) is 0 Å². The summed E-state index contributed by atoms with van der Waals surface area (Å²) < 4.78 is 32.8. The topological polar surface area (TPSA) is 85.6 Å². The summed E-state index contributed by atoms with van der Waals surface area (Å²) in [5.41, 5.74) is 6.58. The lowest BCUT2D eigenvalue weighted by molar-refractivity contribution is 0.409. The Kier molecular flexibility index (Phi) is 5.65. The minimum atomic E-state index is -3.31. The van der Waals surface area contributed by atoms with Crippen molar-refractivity contribution in [3.8, 4) is 16.9 Å². The van der Waals surface area contributed by atoms with Gasteiger partial charge in [0.15, 0.2) is 5.65 Å². The third-order valence-corrected chi connectivity index (χ3v) is 5.74. The number of methoxy groups -OCH3 is 1. The number of ether oxygens (including phenoxy) is 1. The van der Waals surface area contributed by atoms with E-state index in [0.29, 0.717) is 5.69 Å². The van der Waals surface area contributed by atoms with Gasteiger partial charge in [0.25, 0.3) is 0 Å². The molecule has 7 nitrogen and oxygen atoms in total. The molecule has 160 valence electrons. The van der Waals surface area contributed by atoms with E-state index >= 15 is 0 Å². The van der Waals surface area contributed by atoms with E-state index in [0.717, 1.165) is 52.9 Å². The number of benzene rings is 2. The first-order chi connectivity index (χ1) is 14.8. The zero-order chi connectivity index (χ0) is 22.0. The second kappa shape index (κ2) is 8.39. The number of pyridine rings is 1. The summed E-state index contributed by atoms with van der Waals surface area (Å²) >= 11 is 0. The van der Waals surface area contributed by atoms with Crippen molar-refractivity contribution in [3.05, 3.63) is 77.7 Å². The third kappa shape index (κ3) is 4.69. The van der Waals surface area contributed by atoms with E-state index in [2.05, 4.69) is 46.1 Å². The Morgan fingerprint density at radius 2 is 1.81 bits per heavy atom. The van der Waals surface area contributed by atoms with Crippen LogP contribution in [0.3, 0.4) is 0 Å². The molecule has 2 heterocycles.